The Morgan fingerprint density at radius 2 is 0.733 bits per heavy atom. The van der Waals surface area contributed by atoms with Gasteiger partial charge >= 0.3 is 18.9 Å². The van der Waals surface area contributed by atoms with Gasteiger partial charge in [0.1, 0.15) is -0.0619 Å². The van der Waals surface area contributed by atoms with Gasteiger partial charge in [-0.15, -0.1) is 0 Å². The van der Waals surface area contributed by atoms with Gasteiger partial charge in [0.05, 0.1) is 9.04 Å². The number of halogens is 6. The molecular weight excluding hydrogens is 2010 g/mol. The molecule has 22 nitrogen and oxygen atoms in total. The molecule has 0 aromatic carbocycles. The fourth-order valence-electron chi connectivity index (χ4n) is 9.77. The zero-order chi connectivity index (χ0) is 74.6. The minimum Gasteiger partial charge on any atom is -1.00 e. The second kappa shape index (κ2) is 107. The van der Waals surface area contributed by atoms with Crippen molar-refractivity contribution in [3.05, 3.63) is 4.93 Å². The van der Waals surface area contributed by atoms with Crippen LogP contribution in [0.25, 0.3) is 0 Å². The molecule has 603 valence electrons. The van der Waals surface area contributed by atoms with Gasteiger partial charge in [0.25, 0.3) is 6.47 Å². The molecule has 0 bridgehead atoms. The van der Waals surface area contributed by atoms with E-state index in [0.717, 1.165) is 77.6 Å². The summed E-state index contributed by atoms with van der Waals surface area (Å²) in [5.41, 5.74) is 10.8. The van der Waals surface area contributed by atoms with Gasteiger partial charge in [0.15, 0.2) is 17.4 Å². The van der Waals surface area contributed by atoms with Gasteiger partial charge in [-0.25, -0.2) is 0 Å². The monoisotopic (exact) mass is 2160 g/mol. The standard InChI is InChI=1S/C24H52N6.C15H35N3.C14H26N4O4.C11H27N3.C3H6O2.CHI3.CH2I2.CH2I.Al.Li.V.4H/c1-25(13-7-15-27(3)17-9-19-29-21-22-29)11-5-6-12-26(2)14-8-16-28(4)18-10-20-30-23-24-30;1-5-6-7-12-17(3)13-8-9-14-18(4)15-10-11-16-2;19-11-15-5-3-9-17(13-21)7-1-2-8-18(14-22)10-4-6-16-12-20;12-8-5-3-1-2-4-6-10-14-11-7-9-13;1-2-5-3-4;2-1(3)4;2-1-3;1-2;;;;;;;/h5-24H2,1-4H3;16H,5-15H2,1-4H3;11-14H,1-10H2,(H,15,19)(H,16,20);14H,1-13H2;3H,2H2,1H3;1H;1H2;1H2;;;;;;;/q;;;;;;;-1;;+1;;;;;-1. The predicted molar refractivity (Wildman–Crippen MR) is 485 cm³/mol. The quantitative estimate of drug-likeness (QED) is 0.00780. The van der Waals surface area contributed by atoms with E-state index in [4.69, 9.17) is 11.5 Å². The normalized spacial score (nSPS) is 11.7. The number of hydrogen-bond acceptors (Lipinski definition) is 18. The van der Waals surface area contributed by atoms with Gasteiger partial charge in [0, 0.05) is 84.0 Å². The SMILES string of the molecule is CCCCCN(C)CCCCN(C)CCCNC.CCOC=O.CN(CCCCN(C)CCCN(C)CCCN1CC1)CCCN(C)CCCN1CC1.IC(I)I.ICI.NCCCCCCCCNCCCN.O=CNCCCN(C=O)CCCCN(C=O)CCCNC=O.[AlH3].[CH2-]I.[H-].[Li+].[V]. The van der Waals surface area contributed by atoms with Crippen LogP contribution in [0.2, 0.25) is 0 Å². The molecule has 0 atom stereocenters. The summed E-state index contributed by atoms with van der Waals surface area (Å²) in [5.74, 6) is 0. The number of amides is 4. The van der Waals surface area contributed by atoms with E-state index < -0.39 is 0 Å². The molecule has 0 saturated carbocycles. The summed E-state index contributed by atoms with van der Waals surface area (Å²) in [6.45, 7) is 36.4. The van der Waals surface area contributed by atoms with E-state index in [1.165, 1.54) is 236 Å². The third-order valence-electron chi connectivity index (χ3n) is 15.8. The van der Waals surface area contributed by atoms with E-state index in [0.29, 0.717) is 65.2 Å². The number of carbonyl (C=O) groups is 5. The number of nitrogens with one attached hydrogen (secondary N) is 4. The molecule has 0 aromatic rings. The number of carbonyl (C=O) groups excluding carboxylic acids is 5. The van der Waals surface area contributed by atoms with Crippen LogP contribution in [0, 0.1) is 4.93 Å². The van der Waals surface area contributed by atoms with Gasteiger partial charge < -0.3 is 110 Å². The maximum absolute atomic E-state index is 10.9. The topological polar surface area (TPSA) is 227 Å². The molecular formula is C70H155AlI6LiN16O6V-. The molecule has 2 fully saturated rings. The summed E-state index contributed by atoms with van der Waals surface area (Å²) < 4.78 is 6.09. The number of hydrogen-bond donors (Lipinski definition) is 6. The summed E-state index contributed by atoms with van der Waals surface area (Å²) in [4.78, 5) is 77.7. The summed E-state index contributed by atoms with van der Waals surface area (Å²) in [7, 11) is 15.7. The molecule has 31 heteroatoms. The van der Waals surface area contributed by atoms with E-state index in [1.54, 1.807) is 16.7 Å². The minimum atomic E-state index is 0. The van der Waals surface area contributed by atoms with Crippen molar-refractivity contribution < 1.29 is 67.6 Å². The predicted octanol–water partition coefficient (Wildman–Crippen LogP) is 6.01. The van der Waals surface area contributed by atoms with Gasteiger partial charge in [0.2, 0.25) is 25.6 Å². The summed E-state index contributed by atoms with van der Waals surface area (Å²) in [5, 5.41) is 11.7. The Balaban J connectivity index is -0.000000132. The Morgan fingerprint density at radius 1 is 0.446 bits per heavy atom. The van der Waals surface area contributed by atoms with Gasteiger partial charge in [-0.3, -0.25) is 28.9 Å². The number of unbranched alkanes of at least 4 members (excludes halogenated alkanes) is 10. The largest absolute Gasteiger partial charge is 1.00 e. The van der Waals surface area contributed by atoms with Crippen molar-refractivity contribution in [1.29, 1.82) is 0 Å². The minimum absolute atomic E-state index is 0. The van der Waals surface area contributed by atoms with Crippen LogP contribution in [0.3, 0.4) is 0 Å². The van der Waals surface area contributed by atoms with Crippen molar-refractivity contribution in [2.45, 2.75) is 161 Å². The molecule has 0 aromatic heterocycles. The Kier molecular flexibility index (Phi) is 130. The number of nitrogens with zero attached hydrogens (tertiary/aromatic N) is 10. The summed E-state index contributed by atoms with van der Waals surface area (Å²) >= 11 is 13.4. The van der Waals surface area contributed by atoms with Crippen LogP contribution in [-0.2, 0) is 47.3 Å². The fourth-order valence-corrected chi connectivity index (χ4v) is 9.77. The maximum atomic E-state index is 10.9. The summed E-state index contributed by atoms with van der Waals surface area (Å²) in [6, 6.07) is 0. The van der Waals surface area contributed by atoms with E-state index in [1.807, 2.05) is 29.6 Å². The number of rotatable bonds is 64. The molecule has 101 heavy (non-hydrogen) atoms. The molecule has 0 spiro atoms. The van der Waals surface area contributed by atoms with Gasteiger partial charge in [-0.2, -0.15) is 0 Å². The Morgan fingerprint density at radius 3 is 1.03 bits per heavy atom. The smallest absolute Gasteiger partial charge is 1.00 e. The Hall–Kier alpha value is 2.96. The van der Waals surface area contributed by atoms with Crippen LogP contribution >= 0.6 is 136 Å². The van der Waals surface area contributed by atoms with E-state index in [9.17, 15) is 24.0 Å². The van der Waals surface area contributed by atoms with E-state index >= 15 is 0 Å². The molecule has 2 rings (SSSR count). The van der Waals surface area contributed by atoms with Crippen LogP contribution in [-0.4, -0.2) is 347 Å². The van der Waals surface area contributed by atoms with Crippen molar-refractivity contribution >= 4 is 185 Å². The third-order valence-corrected chi connectivity index (χ3v) is 15.8. The molecule has 2 heterocycles. The van der Waals surface area contributed by atoms with Crippen LogP contribution in [0.5, 0.6) is 0 Å². The molecule has 8 N–H and O–H groups in total. The molecule has 1 radical (unpaired) electrons. The zero-order valence-electron chi connectivity index (χ0n) is 66.1. The van der Waals surface area contributed by atoms with Gasteiger partial charge in [-0.05, 0) is 290 Å². The second-order valence-electron chi connectivity index (χ2n) is 25.0. The first-order valence-corrected chi connectivity index (χ1v) is 45.2. The van der Waals surface area contributed by atoms with Crippen molar-refractivity contribution in [1.82, 2.24) is 70.3 Å². The summed E-state index contributed by atoms with van der Waals surface area (Å²) in [6.07, 6.45) is 30.8. The molecule has 4 amide bonds. The van der Waals surface area contributed by atoms with Crippen LogP contribution < -0.4 is 51.6 Å². The molecule has 2 aliphatic rings. The molecule has 0 aliphatic carbocycles. The van der Waals surface area contributed by atoms with Crippen LogP contribution in [0.4, 0.5) is 0 Å². The first-order valence-electron chi connectivity index (χ1n) is 36.9. The molecule has 0 unspecified atom stereocenters. The number of nitrogens with two attached hydrogens (primary N) is 2. The first kappa shape index (κ1) is 122. The maximum Gasteiger partial charge on any atom is 1.00 e. The first-order chi connectivity index (χ1) is 47.5. The van der Waals surface area contributed by atoms with Crippen molar-refractivity contribution in [2.75, 3.05) is 248 Å². The second-order valence-corrected chi connectivity index (χ2v) is 40.4. The third kappa shape index (κ3) is 121. The van der Waals surface area contributed by atoms with Crippen molar-refractivity contribution in [2.24, 2.45) is 11.5 Å². The zero-order valence-corrected chi connectivity index (χ0v) is 79.5. The fraction of sp³-hybridized carbons (Fsp3) is 0.914. The van der Waals surface area contributed by atoms with Gasteiger partial charge in [-0.1, -0.05) is 158 Å². The van der Waals surface area contributed by atoms with Crippen LogP contribution in [0.1, 0.15) is 163 Å². The van der Waals surface area contributed by atoms with E-state index in [2.05, 4.69) is 232 Å². The van der Waals surface area contributed by atoms with Crippen molar-refractivity contribution in [3.8, 4) is 0 Å². The van der Waals surface area contributed by atoms with Crippen LogP contribution in [0.15, 0.2) is 0 Å². The van der Waals surface area contributed by atoms with Crippen molar-refractivity contribution in [3.63, 3.8) is 0 Å². The Labute approximate surface area is 740 Å². The number of alkyl halides is 5. The average molecular weight is 2160 g/mol. The Bertz CT molecular complexity index is 1480. The molecule has 2 saturated heterocycles. The average Bonchev–Trinajstić information content (AvgIpc) is 1.83. The number of ether oxygens (including phenoxy) is 1. The molecule has 2 aliphatic heterocycles. The van der Waals surface area contributed by atoms with E-state index in [-0.39, 0.29) is 56.2 Å².